The van der Waals surface area contributed by atoms with Gasteiger partial charge in [-0.25, -0.2) is 0 Å². The number of halogens is 1. The zero-order chi connectivity index (χ0) is 12.4. The minimum atomic E-state index is 0.466. The maximum Gasteiger partial charge on any atom is 0.266 e. The van der Waals surface area contributed by atoms with Gasteiger partial charge in [0.2, 0.25) is 0 Å². The second kappa shape index (κ2) is 4.75. The topological polar surface area (TPSA) is 68.2 Å². The molecule has 1 aromatic heterocycles. The molecule has 0 spiro atoms. The smallest absolute Gasteiger partial charge is 0.266 e. The van der Waals surface area contributed by atoms with E-state index in [0.29, 0.717) is 17.5 Å². The van der Waals surface area contributed by atoms with Gasteiger partial charge in [0, 0.05) is 29.3 Å². The highest BCUT2D eigenvalue weighted by molar-refractivity contribution is 9.10. The van der Waals surface area contributed by atoms with E-state index in [1.165, 1.54) is 0 Å². The second-order valence-corrected chi connectivity index (χ2v) is 4.60. The first-order valence-electron chi connectivity index (χ1n) is 5.21. The molecule has 1 aromatic carbocycles. The van der Waals surface area contributed by atoms with Gasteiger partial charge in [-0.05, 0) is 30.3 Å². The van der Waals surface area contributed by atoms with Gasteiger partial charge in [-0.1, -0.05) is 15.9 Å². The number of benzene rings is 1. The normalized spacial score (nSPS) is 10.5. The molecule has 5 nitrogen and oxygen atoms in total. The van der Waals surface area contributed by atoms with Crippen molar-refractivity contribution in [1.29, 1.82) is 0 Å². The second-order valence-electron chi connectivity index (χ2n) is 3.69. The zero-order valence-corrected chi connectivity index (χ0v) is 11.2. The lowest BCUT2D eigenvalue weighted by Gasteiger charge is -2.08. The maximum atomic E-state index is 5.76. The summed E-state index contributed by atoms with van der Waals surface area (Å²) in [7, 11) is 1.91. The highest BCUT2D eigenvalue weighted by Crippen LogP contribution is 2.26. The number of anilines is 2. The van der Waals surface area contributed by atoms with Crippen molar-refractivity contribution in [3.63, 3.8) is 0 Å². The number of hydrogen-bond acceptors (Lipinski definition) is 5. The third-order valence-corrected chi connectivity index (χ3v) is 2.86. The predicted octanol–water partition coefficient (Wildman–Crippen LogP) is 2.54. The number of nitrogen functional groups attached to an aromatic ring is 1. The van der Waals surface area contributed by atoms with Gasteiger partial charge in [0.15, 0.2) is 0 Å². The molecule has 2 rings (SSSR count). The van der Waals surface area contributed by atoms with Crippen molar-refractivity contribution in [1.82, 2.24) is 10.1 Å². The molecule has 2 N–H and O–H groups in total. The number of nitrogens with zero attached hydrogens (tertiary/aromatic N) is 3. The van der Waals surface area contributed by atoms with Crippen LogP contribution in [-0.4, -0.2) is 23.7 Å². The molecular formula is C11H13BrN4O. The quantitative estimate of drug-likeness (QED) is 0.882. The van der Waals surface area contributed by atoms with Crippen molar-refractivity contribution >= 4 is 27.6 Å². The summed E-state index contributed by atoms with van der Waals surface area (Å²) in [5.74, 6) is 1.04. The van der Waals surface area contributed by atoms with Crippen LogP contribution < -0.4 is 10.6 Å². The van der Waals surface area contributed by atoms with Crippen LogP contribution in [0.1, 0.15) is 6.92 Å². The number of aromatic nitrogens is 2. The standard InChI is InChI=1S/C11H13BrN4O/c1-3-16(2)11-14-10(17-15-11)7-4-8(12)6-9(13)5-7/h4-6H,3,13H2,1-2H3. The minimum Gasteiger partial charge on any atom is -0.399 e. The monoisotopic (exact) mass is 296 g/mol. The Morgan fingerprint density at radius 1 is 1.41 bits per heavy atom. The largest absolute Gasteiger partial charge is 0.399 e. The first kappa shape index (κ1) is 11.9. The third-order valence-electron chi connectivity index (χ3n) is 2.40. The molecular weight excluding hydrogens is 284 g/mol. The summed E-state index contributed by atoms with van der Waals surface area (Å²) in [6.07, 6.45) is 0. The van der Waals surface area contributed by atoms with Crippen LogP contribution in [0.3, 0.4) is 0 Å². The van der Waals surface area contributed by atoms with E-state index in [1.807, 2.05) is 31.0 Å². The lowest BCUT2D eigenvalue weighted by atomic mass is 10.2. The van der Waals surface area contributed by atoms with Crippen LogP contribution in [0, 0.1) is 0 Å². The summed E-state index contributed by atoms with van der Waals surface area (Å²) in [6, 6.07) is 5.51. The predicted molar refractivity (Wildman–Crippen MR) is 70.8 cm³/mol. The van der Waals surface area contributed by atoms with Gasteiger partial charge >= 0.3 is 0 Å². The van der Waals surface area contributed by atoms with Crippen molar-refractivity contribution < 1.29 is 4.52 Å². The fourth-order valence-electron chi connectivity index (χ4n) is 1.37. The molecule has 0 radical (unpaired) electrons. The van der Waals surface area contributed by atoms with Crippen LogP contribution in [0.25, 0.3) is 11.5 Å². The van der Waals surface area contributed by atoms with Crippen molar-refractivity contribution in [2.45, 2.75) is 6.92 Å². The van der Waals surface area contributed by atoms with Crippen LogP contribution >= 0.6 is 15.9 Å². The third kappa shape index (κ3) is 2.58. The van der Waals surface area contributed by atoms with E-state index in [0.717, 1.165) is 16.6 Å². The molecule has 0 amide bonds. The lowest BCUT2D eigenvalue weighted by molar-refractivity contribution is 0.430. The molecule has 1 heterocycles. The van der Waals surface area contributed by atoms with Gasteiger partial charge < -0.3 is 15.2 Å². The Hall–Kier alpha value is -1.56. The molecule has 6 heteroatoms. The van der Waals surface area contributed by atoms with Crippen LogP contribution in [0.4, 0.5) is 11.6 Å². The Balaban J connectivity index is 2.36. The van der Waals surface area contributed by atoms with Gasteiger partial charge in [0.05, 0.1) is 0 Å². The Bertz CT molecular complexity index is 506. The number of nitrogens with two attached hydrogens (primary N) is 1. The minimum absolute atomic E-state index is 0.466. The summed E-state index contributed by atoms with van der Waals surface area (Å²) in [5, 5.41) is 3.91. The lowest BCUT2D eigenvalue weighted by Crippen LogP contribution is -2.16. The molecule has 0 aliphatic rings. The summed E-state index contributed by atoms with van der Waals surface area (Å²) in [6.45, 7) is 2.84. The molecule has 0 unspecified atom stereocenters. The molecule has 0 atom stereocenters. The Kier molecular flexibility index (Phi) is 3.33. The summed E-state index contributed by atoms with van der Waals surface area (Å²) in [5.41, 5.74) is 7.22. The maximum absolute atomic E-state index is 5.76. The van der Waals surface area contributed by atoms with Crippen molar-refractivity contribution in [3.05, 3.63) is 22.7 Å². The van der Waals surface area contributed by atoms with E-state index in [9.17, 15) is 0 Å². The van der Waals surface area contributed by atoms with Crippen molar-refractivity contribution in [2.24, 2.45) is 0 Å². The molecule has 2 aromatic rings. The van der Waals surface area contributed by atoms with Crippen LogP contribution in [0.15, 0.2) is 27.2 Å². The van der Waals surface area contributed by atoms with E-state index in [1.54, 1.807) is 6.07 Å². The van der Waals surface area contributed by atoms with E-state index in [2.05, 4.69) is 26.1 Å². The fourth-order valence-corrected chi connectivity index (χ4v) is 1.88. The molecule has 0 aliphatic heterocycles. The summed E-state index contributed by atoms with van der Waals surface area (Å²) in [4.78, 5) is 6.20. The van der Waals surface area contributed by atoms with Crippen molar-refractivity contribution in [2.75, 3.05) is 24.2 Å². The highest BCUT2D eigenvalue weighted by atomic mass is 79.9. The average molecular weight is 297 g/mol. The van der Waals surface area contributed by atoms with E-state index >= 15 is 0 Å². The highest BCUT2D eigenvalue weighted by Gasteiger charge is 2.11. The van der Waals surface area contributed by atoms with Crippen LogP contribution in [0.5, 0.6) is 0 Å². The first-order valence-corrected chi connectivity index (χ1v) is 6.00. The van der Waals surface area contributed by atoms with Crippen LogP contribution in [-0.2, 0) is 0 Å². The average Bonchev–Trinajstić information content (AvgIpc) is 2.76. The number of rotatable bonds is 3. The van der Waals surface area contributed by atoms with Crippen molar-refractivity contribution in [3.8, 4) is 11.5 Å². The molecule has 17 heavy (non-hydrogen) atoms. The van der Waals surface area contributed by atoms with E-state index in [4.69, 9.17) is 10.3 Å². The van der Waals surface area contributed by atoms with E-state index < -0.39 is 0 Å². The van der Waals surface area contributed by atoms with Gasteiger partial charge in [0.25, 0.3) is 11.8 Å². The summed E-state index contributed by atoms with van der Waals surface area (Å²) < 4.78 is 6.09. The zero-order valence-electron chi connectivity index (χ0n) is 9.64. The van der Waals surface area contributed by atoms with Crippen LogP contribution in [0.2, 0.25) is 0 Å². The van der Waals surface area contributed by atoms with Gasteiger partial charge in [-0.3, -0.25) is 0 Å². The molecule has 0 saturated heterocycles. The SMILES string of the molecule is CCN(C)c1noc(-c2cc(N)cc(Br)c2)n1. The van der Waals surface area contributed by atoms with Gasteiger partial charge in [-0.2, -0.15) is 4.98 Å². The molecule has 90 valence electrons. The van der Waals surface area contributed by atoms with Gasteiger partial charge in [-0.15, -0.1) is 0 Å². The number of hydrogen-bond donors (Lipinski definition) is 1. The first-order chi connectivity index (χ1) is 8.10. The Morgan fingerprint density at radius 2 is 2.18 bits per heavy atom. The Labute approximate surface area is 108 Å². The molecule has 0 fully saturated rings. The van der Waals surface area contributed by atoms with Gasteiger partial charge in [0.1, 0.15) is 0 Å². The fraction of sp³-hybridized carbons (Fsp3) is 0.273. The summed E-state index contributed by atoms with van der Waals surface area (Å²) >= 11 is 3.38. The van der Waals surface area contributed by atoms with E-state index in [-0.39, 0.29) is 0 Å². The molecule has 0 saturated carbocycles. The molecule has 0 bridgehead atoms. The Morgan fingerprint density at radius 3 is 2.82 bits per heavy atom. The molecule has 0 aliphatic carbocycles.